The van der Waals surface area contributed by atoms with Crippen LogP contribution in [-0.2, 0) is 9.59 Å². The molecule has 2 unspecified atom stereocenters. The number of carbonyl (C=O) groups is 4. The SMILES string of the molecule is CC(C)CC(C(=O)Nc1nc(C(=O)O)cs1)N1C(=O)NC(c2cccc(I)c2)C1=O. The summed E-state index contributed by atoms with van der Waals surface area (Å²) in [6.07, 6.45) is 0.251. The van der Waals surface area contributed by atoms with E-state index in [1.807, 2.05) is 19.9 Å². The number of hydrogen-bond acceptors (Lipinski definition) is 6. The van der Waals surface area contributed by atoms with Crippen molar-refractivity contribution in [3.05, 3.63) is 44.5 Å². The lowest BCUT2D eigenvalue weighted by molar-refractivity contribution is -0.134. The lowest BCUT2D eigenvalue weighted by Crippen LogP contribution is -2.48. The van der Waals surface area contributed by atoms with Crippen molar-refractivity contribution in [3.63, 3.8) is 0 Å². The van der Waals surface area contributed by atoms with Crippen LogP contribution in [-0.4, -0.2) is 44.8 Å². The molecule has 4 amide bonds. The van der Waals surface area contributed by atoms with Crippen molar-refractivity contribution >= 4 is 62.9 Å². The van der Waals surface area contributed by atoms with Gasteiger partial charge in [-0.15, -0.1) is 11.3 Å². The highest BCUT2D eigenvalue weighted by Crippen LogP contribution is 2.27. The Morgan fingerprint density at radius 3 is 2.70 bits per heavy atom. The monoisotopic (exact) mass is 542 g/mol. The molecule has 158 valence electrons. The van der Waals surface area contributed by atoms with E-state index in [-0.39, 0.29) is 23.2 Å². The Morgan fingerprint density at radius 1 is 1.37 bits per heavy atom. The van der Waals surface area contributed by atoms with Crippen LogP contribution < -0.4 is 10.6 Å². The van der Waals surface area contributed by atoms with Crippen molar-refractivity contribution in [2.75, 3.05) is 5.32 Å². The van der Waals surface area contributed by atoms with Crippen molar-refractivity contribution in [2.24, 2.45) is 5.92 Å². The molecule has 0 aliphatic carbocycles. The second-order valence-electron chi connectivity index (χ2n) is 7.12. The van der Waals surface area contributed by atoms with E-state index in [0.717, 1.165) is 19.8 Å². The van der Waals surface area contributed by atoms with E-state index in [9.17, 15) is 19.2 Å². The van der Waals surface area contributed by atoms with E-state index >= 15 is 0 Å². The summed E-state index contributed by atoms with van der Waals surface area (Å²) >= 11 is 3.08. The highest BCUT2D eigenvalue weighted by Gasteiger charge is 2.45. The van der Waals surface area contributed by atoms with Gasteiger partial charge in [0.2, 0.25) is 5.91 Å². The molecule has 9 nitrogen and oxygen atoms in total. The van der Waals surface area contributed by atoms with Crippen LogP contribution in [0.5, 0.6) is 0 Å². The van der Waals surface area contributed by atoms with Gasteiger partial charge in [0, 0.05) is 8.95 Å². The summed E-state index contributed by atoms with van der Waals surface area (Å²) in [5, 5.41) is 15.6. The number of rotatable bonds is 7. The Labute approximate surface area is 190 Å². The molecule has 0 bridgehead atoms. The van der Waals surface area contributed by atoms with Crippen LogP contribution in [0, 0.1) is 9.49 Å². The maximum Gasteiger partial charge on any atom is 0.355 e. The predicted octanol–water partition coefficient (Wildman–Crippen LogP) is 3.09. The van der Waals surface area contributed by atoms with Crippen molar-refractivity contribution in [2.45, 2.75) is 32.4 Å². The summed E-state index contributed by atoms with van der Waals surface area (Å²) in [7, 11) is 0. The highest BCUT2D eigenvalue weighted by atomic mass is 127. The Balaban J connectivity index is 1.84. The minimum Gasteiger partial charge on any atom is -0.476 e. The molecule has 3 rings (SSSR count). The number of urea groups is 1. The van der Waals surface area contributed by atoms with Gasteiger partial charge in [0.15, 0.2) is 10.8 Å². The number of aromatic carboxylic acids is 1. The van der Waals surface area contributed by atoms with Crippen LogP contribution in [0.4, 0.5) is 9.93 Å². The zero-order chi connectivity index (χ0) is 22.0. The molecular formula is C19H19IN4O5S. The number of carbonyl (C=O) groups excluding carboxylic acids is 3. The number of benzene rings is 1. The molecule has 1 saturated heterocycles. The maximum atomic E-state index is 13.1. The molecule has 1 aliphatic heterocycles. The van der Waals surface area contributed by atoms with E-state index in [4.69, 9.17) is 5.11 Å². The third-order valence-electron chi connectivity index (χ3n) is 4.42. The van der Waals surface area contributed by atoms with Gasteiger partial charge in [0.25, 0.3) is 5.91 Å². The first kappa shape index (κ1) is 22.2. The van der Waals surface area contributed by atoms with E-state index in [1.165, 1.54) is 5.38 Å². The summed E-state index contributed by atoms with van der Waals surface area (Å²) in [5.74, 6) is -2.29. The molecule has 30 heavy (non-hydrogen) atoms. The van der Waals surface area contributed by atoms with Gasteiger partial charge in [-0.2, -0.15) is 0 Å². The number of aromatic nitrogens is 1. The van der Waals surface area contributed by atoms with Gasteiger partial charge in [-0.05, 0) is 52.6 Å². The molecule has 1 aromatic carbocycles. The molecule has 0 saturated carbocycles. The smallest absolute Gasteiger partial charge is 0.355 e. The molecule has 2 atom stereocenters. The largest absolute Gasteiger partial charge is 0.476 e. The topological polar surface area (TPSA) is 129 Å². The fourth-order valence-electron chi connectivity index (χ4n) is 3.10. The number of carboxylic acids is 1. The summed E-state index contributed by atoms with van der Waals surface area (Å²) in [5.41, 5.74) is 0.446. The molecular weight excluding hydrogens is 523 g/mol. The number of imide groups is 1. The van der Waals surface area contributed by atoms with Crippen LogP contribution in [0.1, 0.15) is 42.4 Å². The van der Waals surface area contributed by atoms with Gasteiger partial charge in [-0.25, -0.2) is 19.5 Å². The van der Waals surface area contributed by atoms with E-state index in [1.54, 1.807) is 18.2 Å². The Bertz CT molecular complexity index is 1010. The van der Waals surface area contributed by atoms with Gasteiger partial charge in [-0.1, -0.05) is 26.0 Å². The first-order valence-corrected chi connectivity index (χ1v) is 11.0. The lowest BCUT2D eigenvalue weighted by Gasteiger charge is -2.25. The van der Waals surface area contributed by atoms with E-state index in [2.05, 4.69) is 38.2 Å². The second kappa shape index (κ2) is 9.08. The quantitative estimate of drug-likeness (QED) is 0.365. The maximum absolute atomic E-state index is 13.1. The molecule has 1 aromatic heterocycles. The van der Waals surface area contributed by atoms with E-state index in [0.29, 0.717) is 5.56 Å². The highest BCUT2D eigenvalue weighted by molar-refractivity contribution is 14.1. The van der Waals surface area contributed by atoms with Gasteiger partial charge >= 0.3 is 12.0 Å². The van der Waals surface area contributed by atoms with E-state index < -0.39 is 35.9 Å². The van der Waals surface area contributed by atoms with Crippen LogP contribution in [0.3, 0.4) is 0 Å². The van der Waals surface area contributed by atoms with Crippen LogP contribution >= 0.6 is 33.9 Å². The number of amides is 4. The van der Waals surface area contributed by atoms with Crippen molar-refractivity contribution in [1.29, 1.82) is 0 Å². The summed E-state index contributed by atoms with van der Waals surface area (Å²) in [6.45, 7) is 3.75. The lowest BCUT2D eigenvalue weighted by atomic mass is 10.0. The molecule has 3 N–H and O–H groups in total. The average Bonchev–Trinajstić information content (AvgIpc) is 3.24. The standard InChI is InChI=1S/C19H19IN4O5S/c1-9(2)6-13(15(25)23-18-21-12(8-30-18)17(27)28)24-16(26)14(22-19(24)29)10-4-3-5-11(20)7-10/h3-5,7-9,13-14H,6H2,1-2H3,(H,22,29)(H,27,28)(H,21,23,25). The zero-order valence-corrected chi connectivity index (χ0v) is 19.1. The predicted molar refractivity (Wildman–Crippen MR) is 118 cm³/mol. The number of carboxylic acid groups (broad SMARTS) is 1. The van der Waals surface area contributed by atoms with Crippen molar-refractivity contribution < 1.29 is 24.3 Å². The van der Waals surface area contributed by atoms with Gasteiger partial charge < -0.3 is 15.7 Å². The second-order valence-corrected chi connectivity index (χ2v) is 9.23. The Kier molecular flexibility index (Phi) is 6.71. The average molecular weight is 542 g/mol. The Morgan fingerprint density at radius 2 is 2.10 bits per heavy atom. The minimum atomic E-state index is -1.21. The molecule has 1 aliphatic rings. The number of halogens is 1. The first-order valence-electron chi connectivity index (χ1n) is 9.06. The number of thiazole rings is 1. The van der Waals surface area contributed by atoms with Crippen LogP contribution in [0.15, 0.2) is 29.6 Å². The number of anilines is 1. The van der Waals surface area contributed by atoms with Crippen molar-refractivity contribution in [3.8, 4) is 0 Å². The number of nitrogens with one attached hydrogen (secondary N) is 2. The minimum absolute atomic E-state index is 0.0175. The molecule has 0 spiro atoms. The molecule has 11 heteroatoms. The number of nitrogens with zero attached hydrogens (tertiary/aromatic N) is 2. The van der Waals surface area contributed by atoms with Gasteiger partial charge in [0.05, 0.1) is 0 Å². The molecule has 1 fully saturated rings. The zero-order valence-electron chi connectivity index (χ0n) is 16.1. The first-order chi connectivity index (χ1) is 14.2. The summed E-state index contributed by atoms with van der Waals surface area (Å²) < 4.78 is 0.917. The fourth-order valence-corrected chi connectivity index (χ4v) is 4.35. The molecule has 0 radical (unpaired) electrons. The normalized spacial score (nSPS) is 17.2. The molecule has 2 aromatic rings. The third-order valence-corrected chi connectivity index (χ3v) is 5.84. The molecule has 2 heterocycles. The Hall–Kier alpha value is -2.54. The third kappa shape index (κ3) is 4.78. The fraction of sp³-hybridized carbons (Fsp3) is 0.316. The van der Waals surface area contributed by atoms with Gasteiger partial charge in [-0.3, -0.25) is 9.59 Å². The number of hydrogen-bond donors (Lipinski definition) is 3. The van der Waals surface area contributed by atoms with Crippen LogP contribution in [0.25, 0.3) is 0 Å². The summed E-state index contributed by atoms with van der Waals surface area (Å²) in [6, 6.07) is 4.64. The van der Waals surface area contributed by atoms with Gasteiger partial charge in [0.1, 0.15) is 12.1 Å². The summed E-state index contributed by atoms with van der Waals surface area (Å²) in [4.78, 5) is 54.4. The van der Waals surface area contributed by atoms with Crippen molar-refractivity contribution in [1.82, 2.24) is 15.2 Å². The van der Waals surface area contributed by atoms with Crippen LogP contribution in [0.2, 0.25) is 0 Å².